The first kappa shape index (κ1) is 20.3. The Morgan fingerprint density at radius 3 is 2.57 bits per heavy atom. The van der Waals surface area contributed by atoms with Crippen LogP contribution in [-0.4, -0.2) is 22.4 Å². The summed E-state index contributed by atoms with van der Waals surface area (Å²) >= 11 is 0. The molecule has 0 aromatic carbocycles. The van der Waals surface area contributed by atoms with Crippen molar-refractivity contribution in [1.82, 2.24) is 9.55 Å². The lowest BCUT2D eigenvalue weighted by Gasteiger charge is -2.33. The number of ketones is 1. The molecule has 0 aliphatic heterocycles. The van der Waals surface area contributed by atoms with Crippen molar-refractivity contribution in [2.75, 3.05) is 7.11 Å². The number of hydrogen-bond acceptors (Lipinski definition) is 4. The van der Waals surface area contributed by atoms with Crippen LogP contribution >= 0.6 is 0 Å². The topological polar surface area (TPSA) is 61.2 Å². The van der Waals surface area contributed by atoms with E-state index in [2.05, 4.69) is 18.0 Å². The molecule has 5 heteroatoms. The zero-order chi connectivity index (χ0) is 20.1. The van der Waals surface area contributed by atoms with Crippen LogP contribution in [0.15, 0.2) is 41.5 Å². The summed E-state index contributed by atoms with van der Waals surface area (Å²) in [5.74, 6) is 2.12. The van der Waals surface area contributed by atoms with E-state index in [0.29, 0.717) is 35.6 Å². The number of carbonyl (C=O) groups is 1. The van der Waals surface area contributed by atoms with Crippen molar-refractivity contribution in [1.29, 1.82) is 0 Å². The van der Waals surface area contributed by atoms with Crippen molar-refractivity contribution in [2.24, 2.45) is 18.9 Å². The minimum atomic E-state index is 0.0600. The molecule has 150 valence electrons. The molecular formula is C23H30N2O3. The van der Waals surface area contributed by atoms with E-state index >= 15 is 0 Å². The monoisotopic (exact) mass is 382 g/mol. The predicted molar refractivity (Wildman–Crippen MR) is 110 cm³/mol. The van der Waals surface area contributed by atoms with Crippen molar-refractivity contribution >= 4 is 5.78 Å². The first-order chi connectivity index (χ1) is 13.5. The first-order valence-electron chi connectivity index (χ1n) is 10.2. The number of aryl methyl sites for hydroxylation is 1. The Hall–Kier alpha value is -2.43. The number of hydrogen-bond donors (Lipinski definition) is 0. The summed E-state index contributed by atoms with van der Waals surface area (Å²) in [5, 5.41) is 0. The molecule has 5 nitrogen and oxygen atoms in total. The van der Waals surface area contributed by atoms with Crippen LogP contribution in [0.3, 0.4) is 0 Å². The van der Waals surface area contributed by atoms with Gasteiger partial charge in [0.15, 0.2) is 5.78 Å². The van der Waals surface area contributed by atoms with Crippen molar-refractivity contribution in [2.45, 2.75) is 51.4 Å². The van der Waals surface area contributed by atoms with Crippen molar-refractivity contribution in [3.63, 3.8) is 0 Å². The standard InChI is InChI=1S/C23H30N2O3/c1-4-16(13-21(26)20-9-10-22(28-3)24-15-20)17-5-7-18(8-6-17)19-11-12-25(2)23(27)14-19/h9-12,14-18H,4-8,13H2,1-3H3/t16-,17?,18?/m0/s1. The van der Waals surface area contributed by atoms with Crippen LogP contribution in [0, 0.1) is 11.8 Å². The normalized spacial score (nSPS) is 20.5. The van der Waals surface area contributed by atoms with Gasteiger partial charge in [0.25, 0.3) is 5.56 Å². The highest BCUT2D eigenvalue weighted by Crippen LogP contribution is 2.40. The van der Waals surface area contributed by atoms with Gasteiger partial charge >= 0.3 is 0 Å². The molecule has 2 aromatic heterocycles. The van der Waals surface area contributed by atoms with Crippen LogP contribution in [0.4, 0.5) is 0 Å². The number of nitrogens with zero attached hydrogens (tertiary/aromatic N) is 2. The molecule has 1 saturated carbocycles. The lowest BCUT2D eigenvalue weighted by atomic mass is 9.72. The highest BCUT2D eigenvalue weighted by Gasteiger charge is 2.29. The van der Waals surface area contributed by atoms with Gasteiger partial charge in [0.2, 0.25) is 5.88 Å². The van der Waals surface area contributed by atoms with Crippen LogP contribution < -0.4 is 10.3 Å². The average molecular weight is 383 g/mol. The molecule has 2 heterocycles. The Morgan fingerprint density at radius 1 is 1.25 bits per heavy atom. The van der Waals surface area contributed by atoms with E-state index in [4.69, 9.17) is 4.74 Å². The summed E-state index contributed by atoms with van der Waals surface area (Å²) in [6, 6.07) is 7.39. The third-order valence-corrected chi connectivity index (χ3v) is 6.28. The molecule has 1 fully saturated rings. The molecule has 2 aromatic rings. The first-order valence-corrected chi connectivity index (χ1v) is 10.2. The lowest BCUT2D eigenvalue weighted by molar-refractivity contribution is 0.0925. The summed E-state index contributed by atoms with van der Waals surface area (Å²) in [4.78, 5) is 28.8. The summed E-state index contributed by atoms with van der Waals surface area (Å²) in [5.41, 5.74) is 1.88. The fourth-order valence-electron chi connectivity index (χ4n) is 4.41. The Balaban J connectivity index is 1.58. The molecule has 0 radical (unpaired) electrons. The van der Waals surface area contributed by atoms with Gasteiger partial charge in [-0.1, -0.05) is 13.3 Å². The number of aromatic nitrogens is 2. The summed E-state index contributed by atoms with van der Waals surface area (Å²) in [7, 11) is 3.35. The second-order valence-electron chi connectivity index (χ2n) is 7.91. The Kier molecular flexibility index (Phi) is 6.65. The number of carbonyl (C=O) groups excluding carboxylic acids is 1. The fourth-order valence-corrected chi connectivity index (χ4v) is 4.41. The van der Waals surface area contributed by atoms with Crippen LogP contribution in [0.2, 0.25) is 0 Å². The number of methoxy groups -OCH3 is 1. The number of ether oxygens (including phenoxy) is 1. The van der Waals surface area contributed by atoms with Crippen LogP contribution in [-0.2, 0) is 7.05 Å². The summed E-state index contributed by atoms with van der Waals surface area (Å²) in [6.07, 6.45) is 9.47. The quantitative estimate of drug-likeness (QED) is 0.668. The Labute approximate surface area is 166 Å². The predicted octanol–water partition coefficient (Wildman–Crippen LogP) is 4.36. The molecule has 0 N–H and O–H groups in total. The summed E-state index contributed by atoms with van der Waals surface area (Å²) in [6.45, 7) is 2.18. The van der Waals surface area contributed by atoms with Crippen LogP contribution in [0.25, 0.3) is 0 Å². The fraction of sp³-hybridized carbons (Fsp3) is 0.522. The maximum absolute atomic E-state index is 12.7. The van der Waals surface area contributed by atoms with Crippen molar-refractivity contribution < 1.29 is 9.53 Å². The second-order valence-corrected chi connectivity index (χ2v) is 7.91. The highest BCUT2D eigenvalue weighted by molar-refractivity contribution is 5.95. The van der Waals surface area contributed by atoms with Gasteiger partial charge in [0.05, 0.1) is 7.11 Å². The molecule has 1 aliphatic carbocycles. The van der Waals surface area contributed by atoms with Gasteiger partial charge in [-0.15, -0.1) is 0 Å². The van der Waals surface area contributed by atoms with Crippen molar-refractivity contribution in [3.8, 4) is 5.88 Å². The molecule has 28 heavy (non-hydrogen) atoms. The second kappa shape index (κ2) is 9.18. The van der Waals surface area contributed by atoms with Gasteiger partial charge in [-0.25, -0.2) is 4.98 Å². The maximum atomic E-state index is 12.7. The third kappa shape index (κ3) is 4.70. The highest BCUT2D eigenvalue weighted by atomic mass is 16.5. The molecule has 3 rings (SSSR count). The van der Waals surface area contributed by atoms with E-state index in [0.717, 1.165) is 37.7 Å². The molecule has 0 saturated heterocycles. The zero-order valence-electron chi connectivity index (χ0n) is 17.1. The van der Waals surface area contributed by atoms with Gasteiger partial charge < -0.3 is 9.30 Å². The van der Waals surface area contributed by atoms with Gasteiger partial charge in [-0.3, -0.25) is 9.59 Å². The number of rotatable bonds is 7. The minimum Gasteiger partial charge on any atom is -0.481 e. The van der Waals surface area contributed by atoms with Gasteiger partial charge in [0.1, 0.15) is 0 Å². The van der Waals surface area contributed by atoms with Crippen LogP contribution in [0.1, 0.15) is 67.3 Å². The average Bonchev–Trinajstić information content (AvgIpc) is 2.74. The SMILES string of the molecule is CC[C@@H](CC(=O)c1ccc(OC)nc1)C1CCC(c2ccn(C)c(=O)c2)CC1. The maximum Gasteiger partial charge on any atom is 0.250 e. The number of pyridine rings is 2. The molecule has 1 aliphatic rings. The van der Waals surface area contributed by atoms with E-state index < -0.39 is 0 Å². The Morgan fingerprint density at radius 2 is 2.00 bits per heavy atom. The minimum absolute atomic E-state index is 0.0600. The molecule has 0 unspecified atom stereocenters. The molecule has 0 bridgehead atoms. The molecule has 0 amide bonds. The third-order valence-electron chi connectivity index (χ3n) is 6.28. The van der Waals surface area contributed by atoms with Crippen molar-refractivity contribution in [3.05, 3.63) is 58.1 Å². The van der Waals surface area contributed by atoms with E-state index in [-0.39, 0.29) is 11.3 Å². The largest absolute Gasteiger partial charge is 0.481 e. The molecular weight excluding hydrogens is 352 g/mol. The van der Waals surface area contributed by atoms with E-state index in [1.807, 2.05) is 6.20 Å². The number of Topliss-reactive ketones (excluding diaryl/α,β-unsaturated/α-hetero) is 1. The Bertz CT molecular complexity index is 849. The van der Waals surface area contributed by atoms with E-state index in [1.54, 1.807) is 43.1 Å². The van der Waals surface area contributed by atoms with E-state index in [9.17, 15) is 9.59 Å². The lowest BCUT2D eigenvalue weighted by Crippen LogP contribution is -2.24. The zero-order valence-corrected chi connectivity index (χ0v) is 17.1. The smallest absolute Gasteiger partial charge is 0.250 e. The van der Waals surface area contributed by atoms with Gasteiger partial charge in [0, 0.05) is 43.6 Å². The molecule has 1 atom stereocenters. The van der Waals surface area contributed by atoms with Crippen LogP contribution in [0.5, 0.6) is 5.88 Å². The van der Waals surface area contributed by atoms with Gasteiger partial charge in [-0.05, 0) is 61.1 Å². The summed E-state index contributed by atoms with van der Waals surface area (Å²) < 4.78 is 6.68. The van der Waals surface area contributed by atoms with E-state index in [1.165, 1.54) is 0 Å². The molecule has 0 spiro atoms. The van der Waals surface area contributed by atoms with Gasteiger partial charge in [-0.2, -0.15) is 0 Å².